The van der Waals surface area contributed by atoms with E-state index in [1.165, 1.54) is 18.2 Å². The van der Waals surface area contributed by atoms with E-state index in [1.807, 2.05) is 6.07 Å². The van der Waals surface area contributed by atoms with Crippen LogP contribution in [0.1, 0.15) is 16.8 Å². The molecular weight excluding hydrogens is 389 g/mol. The summed E-state index contributed by atoms with van der Waals surface area (Å²) in [7, 11) is 0. The molecule has 144 valence electrons. The molecule has 28 heavy (non-hydrogen) atoms. The first kappa shape index (κ1) is 18.7. The summed E-state index contributed by atoms with van der Waals surface area (Å²) in [5.41, 5.74) is 2.80. The van der Waals surface area contributed by atoms with Gasteiger partial charge in [0.15, 0.2) is 0 Å². The molecule has 8 heteroatoms. The fraction of sp³-hybridized carbons (Fsp3) is 0.200. The lowest BCUT2D eigenvalue weighted by Gasteiger charge is -2.28. The van der Waals surface area contributed by atoms with E-state index in [4.69, 9.17) is 11.6 Å². The van der Waals surface area contributed by atoms with Crippen molar-refractivity contribution in [2.24, 2.45) is 0 Å². The van der Waals surface area contributed by atoms with Gasteiger partial charge in [-0.05, 0) is 29.8 Å². The lowest BCUT2D eigenvalue weighted by Crippen LogP contribution is -2.31. The van der Waals surface area contributed by atoms with Crippen LogP contribution in [0.4, 0.5) is 24.8 Å². The molecule has 0 saturated carbocycles. The van der Waals surface area contributed by atoms with Crippen molar-refractivity contribution < 1.29 is 13.2 Å². The highest BCUT2D eigenvalue weighted by Crippen LogP contribution is 2.23. The highest BCUT2D eigenvalue weighted by atomic mass is 35.5. The van der Waals surface area contributed by atoms with Crippen LogP contribution in [-0.2, 0) is 19.5 Å². The molecule has 0 aliphatic carbocycles. The average Bonchev–Trinajstić information content (AvgIpc) is 2.67. The zero-order chi connectivity index (χ0) is 19.7. The summed E-state index contributed by atoms with van der Waals surface area (Å²) in [5, 5.41) is 2.89. The number of benzene rings is 2. The van der Waals surface area contributed by atoms with Gasteiger partial charge >= 0.3 is 0 Å². The Labute approximate surface area is 165 Å². The van der Waals surface area contributed by atoms with Gasteiger partial charge in [-0.1, -0.05) is 17.7 Å². The predicted molar refractivity (Wildman–Crippen MR) is 101 cm³/mol. The molecule has 3 aromatic rings. The molecule has 4 nitrogen and oxygen atoms in total. The van der Waals surface area contributed by atoms with Gasteiger partial charge in [0.05, 0.1) is 16.4 Å². The molecule has 0 bridgehead atoms. The number of fused-ring (bicyclic) bond motifs is 1. The molecule has 0 atom stereocenters. The molecule has 1 aliphatic heterocycles. The first-order valence-electron chi connectivity index (χ1n) is 8.71. The maximum atomic E-state index is 13.8. The maximum absolute atomic E-state index is 13.8. The van der Waals surface area contributed by atoms with E-state index in [-0.39, 0.29) is 16.7 Å². The first-order valence-corrected chi connectivity index (χ1v) is 9.09. The van der Waals surface area contributed by atoms with Crippen LogP contribution >= 0.6 is 11.6 Å². The molecule has 2 aromatic carbocycles. The van der Waals surface area contributed by atoms with Crippen molar-refractivity contribution in [2.45, 2.75) is 19.5 Å². The number of nitrogens with zero attached hydrogens (tertiary/aromatic N) is 3. The van der Waals surface area contributed by atoms with Gasteiger partial charge in [-0.25, -0.2) is 23.1 Å². The fourth-order valence-electron chi connectivity index (χ4n) is 3.18. The van der Waals surface area contributed by atoms with E-state index in [0.717, 1.165) is 29.4 Å². The van der Waals surface area contributed by atoms with Crippen LogP contribution < -0.4 is 5.32 Å². The minimum absolute atomic E-state index is 0.110. The Balaban J connectivity index is 1.46. The molecule has 0 spiro atoms. The number of rotatable bonds is 4. The Morgan fingerprint density at radius 2 is 1.93 bits per heavy atom. The minimum Gasteiger partial charge on any atom is -0.322 e. The second-order valence-electron chi connectivity index (χ2n) is 6.62. The third kappa shape index (κ3) is 4.10. The highest BCUT2D eigenvalue weighted by molar-refractivity contribution is 6.30. The van der Waals surface area contributed by atoms with E-state index in [1.54, 1.807) is 12.3 Å². The van der Waals surface area contributed by atoms with Gasteiger partial charge in [0.25, 0.3) is 0 Å². The van der Waals surface area contributed by atoms with Gasteiger partial charge in [0, 0.05) is 43.9 Å². The molecule has 1 aliphatic rings. The van der Waals surface area contributed by atoms with Crippen molar-refractivity contribution in [1.82, 2.24) is 14.9 Å². The minimum atomic E-state index is -0.706. The largest absolute Gasteiger partial charge is 0.322 e. The first-order chi connectivity index (χ1) is 13.5. The quantitative estimate of drug-likeness (QED) is 0.675. The molecule has 0 saturated heterocycles. The molecule has 4 rings (SSSR count). The molecule has 1 aromatic heterocycles. The van der Waals surface area contributed by atoms with Gasteiger partial charge in [-0.2, -0.15) is 0 Å². The Bertz CT molecular complexity index is 1030. The standard InChI is InChI=1S/C20H16ClF3N4/c21-15-3-1-12(7-16(15)23)10-28-6-5-18-13(11-28)9-25-20(26-18)27-19-4-2-14(22)8-17(19)24/h1-4,7-9H,5-6,10-11H2,(H,25,26,27). The van der Waals surface area contributed by atoms with Gasteiger partial charge in [0.1, 0.15) is 17.5 Å². The molecular formula is C20H16ClF3N4. The second-order valence-corrected chi connectivity index (χ2v) is 7.03. The van der Waals surface area contributed by atoms with E-state index < -0.39 is 17.5 Å². The van der Waals surface area contributed by atoms with Gasteiger partial charge in [-0.3, -0.25) is 4.90 Å². The van der Waals surface area contributed by atoms with Crippen LogP contribution in [0.2, 0.25) is 5.02 Å². The Kier molecular flexibility index (Phi) is 5.19. The molecule has 0 amide bonds. The van der Waals surface area contributed by atoms with Gasteiger partial charge in [0.2, 0.25) is 5.95 Å². The third-order valence-corrected chi connectivity index (χ3v) is 4.89. The monoisotopic (exact) mass is 404 g/mol. The number of hydrogen-bond acceptors (Lipinski definition) is 4. The predicted octanol–water partition coefficient (Wildman–Crippen LogP) is 4.85. The van der Waals surface area contributed by atoms with Gasteiger partial charge in [-0.15, -0.1) is 0 Å². The summed E-state index contributed by atoms with van der Waals surface area (Å²) in [5.74, 6) is -1.51. The van der Waals surface area contributed by atoms with Crippen LogP contribution in [0.25, 0.3) is 0 Å². The van der Waals surface area contributed by atoms with Crippen molar-refractivity contribution in [2.75, 3.05) is 11.9 Å². The average molecular weight is 405 g/mol. The molecule has 2 heterocycles. The zero-order valence-electron chi connectivity index (χ0n) is 14.7. The van der Waals surface area contributed by atoms with Crippen LogP contribution in [-0.4, -0.2) is 21.4 Å². The van der Waals surface area contributed by atoms with Crippen molar-refractivity contribution in [3.05, 3.63) is 81.9 Å². The smallest absolute Gasteiger partial charge is 0.227 e. The Hall–Kier alpha value is -2.64. The normalized spacial score (nSPS) is 14.0. The van der Waals surface area contributed by atoms with Crippen molar-refractivity contribution in [1.29, 1.82) is 0 Å². The number of aromatic nitrogens is 2. The van der Waals surface area contributed by atoms with Gasteiger partial charge < -0.3 is 5.32 Å². The SMILES string of the molecule is Fc1ccc(Nc2ncc3c(n2)CCN(Cc2ccc(Cl)c(F)c2)C3)c(F)c1. The lowest BCUT2D eigenvalue weighted by molar-refractivity contribution is 0.242. The summed E-state index contributed by atoms with van der Waals surface area (Å²) >= 11 is 5.73. The van der Waals surface area contributed by atoms with E-state index >= 15 is 0 Å². The van der Waals surface area contributed by atoms with E-state index in [0.29, 0.717) is 19.5 Å². The lowest BCUT2D eigenvalue weighted by atomic mass is 10.1. The van der Waals surface area contributed by atoms with Crippen LogP contribution in [0.15, 0.2) is 42.6 Å². The summed E-state index contributed by atoms with van der Waals surface area (Å²) < 4.78 is 40.4. The Morgan fingerprint density at radius 3 is 2.71 bits per heavy atom. The molecule has 1 N–H and O–H groups in total. The van der Waals surface area contributed by atoms with E-state index in [9.17, 15) is 13.2 Å². The number of hydrogen-bond donors (Lipinski definition) is 1. The topological polar surface area (TPSA) is 41.1 Å². The molecule has 0 fully saturated rings. The summed E-state index contributed by atoms with van der Waals surface area (Å²) in [4.78, 5) is 10.9. The number of nitrogens with one attached hydrogen (secondary N) is 1. The Morgan fingerprint density at radius 1 is 1.07 bits per heavy atom. The molecule has 0 radical (unpaired) electrons. The summed E-state index contributed by atoms with van der Waals surface area (Å²) in [6.07, 6.45) is 2.38. The van der Waals surface area contributed by atoms with Crippen molar-refractivity contribution in [3.63, 3.8) is 0 Å². The highest BCUT2D eigenvalue weighted by Gasteiger charge is 2.19. The fourth-order valence-corrected chi connectivity index (χ4v) is 3.29. The van der Waals surface area contributed by atoms with Crippen LogP contribution in [0, 0.1) is 17.5 Å². The summed E-state index contributed by atoms with van der Waals surface area (Å²) in [6.45, 7) is 1.97. The third-order valence-electron chi connectivity index (χ3n) is 4.58. The van der Waals surface area contributed by atoms with Crippen molar-refractivity contribution in [3.8, 4) is 0 Å². The summed E-state index contributed by atoms with van der Waals surface area (Å²) in [6, 6.07) is 8.08. The van der Waals surface area contributed by atoms with Crippen LogP contribution in [0.5, 0.6) is 0 Å². The molecule has 0 unspecified atom stereocenters. The number of anilines is 2. The van der Waals surface area contributed by atoms with E-state index in [2.05, 4.69) is 20.2 Å². The van der Waals surface area contributed by atoms with Crippen molar-refractivity contribution >= 4 is 23.2 Å². The zero-order valence-corrected chi connectivity index (χ0v) is 15.5. The second kappa shape index (κ2) is 7.77. The number of halogens is 4. The van der Waals surface area contributed by atoms with Crippen LogP contribution in [0.3, 0.4) is 0 Å². The maximum Gasteiger partial charge on any atom is 0.227 e.